The Bertz CT molecular complexity index is 1010. The van der Waals surface area contributed by atoms with Crippen LogP contribution in [0.3, 0.4) is 0 Å². The van der Waals surface area contributed by atoms with Gasteiger partial charge in [-0.1, -0.05) is 31.9 Å². The van der Waals surface area contributed by atoms with Gasteiger partial charge < -0.3 is 0 Å². The highest BCUT2D eigenvalue weighted by molar-refractivity contribution is 9.12. The smallest absolute Gasteiger partial charge is 0.270 e. The molecule has 2 aliphatic carbocycles. The standard InChI is InChI=1S/C22H21Br2N3O3/c1-10-3-4-11(2)27(10)25-20(28)12-5-7-13(8-6-12)26-21(29)16-14-9-15(17(16)22(26)30)19(24)18(14)23/h3-8,14-19H,9H2,1-2H3,(H,25,28)/t14-,15-,16-,17-,18-,19+/m1/s1. The van der Waals surface area contributed by atoms with E-state index >= 15 is 0 Å². The average molecular weight is 535 g/mol. The molecule has 1 aliphatic heterocycles. The molecule has 3 amide bonds. The number of benzene rings is 1. The second kappa shape index (κ2) is 7.05. The number of amides is 3. The number of halogens is 2. The summed E-state index contributed by atoms with van der Waals surface area (Å²) in [5.41, 5.74) is 5.72. The van der Waals surface area contributed by atoms with Crippen molar-refractivity contribution in [2.45, 2.75) is 29.9 Å². The zero-order chi connectivity index (χ0) is 21.3. The minimum Gasteiger partial charge on any atom is -0.274 e. The summed E-state index contributed by atoms with van der Waals surface area (Å²) in [6.07, 6.45) is 0.907. The largest absolute Gasteiger partial charge is 0.274 e. The Morgan fingerprint density at radius 1 is 0.900 bits per heavy atom. The monoisotopic (exact) mass is 533 g/mol. The van der Waals surface area contributed by atoms with E-state index in [1.807, 2.05) is 26.0 Å². The van der Waals surface area contributed by atoms with Crippen molar-refractivity contribution < 1.29 is 14.4 Å². The summed E-state index contributed by atoms with van der Waals surface area (Å²) in [5.74, 6) is -0.601. The van der Waals surface area contributed by atoms with Crippen molar-refractivity contribution in [1.29, 1.82) is 0 Å². The zero-order valence-corrected chi connectivity index (χ0v) is 19.7. The van der Waals surface area contributed by atoms with Gasteiger partial charge in [0, 0.05) is 26.6 Å². The van der Waals surface area contributed by atoms with Gasteiger partial charge in [-0.2, -0.15) is 0 Å². The second-order valence-electron chi connectivity index (χ2n) is 8.46. The summed E-state index contributed by atoms with van der Waals surface area (Å²) in [7, 11) is 0. The first-order valence-electron chi connectivity index (χ1n) is 10.0. The number of aryl methyl sites for hydroxylation is 2. The van der Waals surface area contributed by atoms with E-state index in [2.05, 4.69) is 37.3 Å². The van der Waals surface area contributed by atoms with Gasteiger partial charge in [0.05, 0.1) is 17.5 Å². The van der Waals surface area contributed by atoms with Crippen LogP contribution in [0.15, 0.2) is 36.4 Å². The second-order valence-corrected chi connectivity index (χ2v) is 10.6. The molecule has 1 aromatic carbocycles. The topological polar surface area (TPSA) is 71.4 Å². The lowest BCUT2D eigenvalue weighted by Gasteiger charge is -2.28. The van der Waals surface area contributed by atoms with E-state index in [-0.39, 0.29) is 51.0 Å². The molecule has 3 aliphatic rings. The molecule has 2 heterocycles. The highest BCUT2D eigenvalue weighted by Gasteiger charge is 2.66. The van der Waals surface area contributed by atoms with Crippen LogP contribution in [-0.4, -0.2) is 32.1 Å². The van der Waals surface area contributed by atoms with Crippen molar-refractivity contribution in [3.8, 4) is 0 Å². The fourth-order valence-electron chi connectivity index (χ4n) is 5.38. The summed E-state index contributed by atoms with van der Waals surface area (Å²) >= 11 is 7.41. The molecular formula is C22H21Br2N3O3. The van der Waals surface area contributed by atoms with Crippen LogP contribution in [0.1, 0.15) is 28.2 Å². The first-order chi connectivity index (χ1) is 14.3. The Kier molecular flexibility index (Phi) is 4.70. The molecule has 1 N–H and O–H groups in total. The van der Waals surface area contributed by atoms with E-state index in [0.29, 0.717) is 11.3 Å². The molecule has 8 heteroatoms. The maximum absolute atomic E-state index is 13.1. The summed E-state index contributed by atoms with van der Waals surface area (Å²) in [6.45, 7) is 3.83. The minimum absolute atomic E-state index is 0.114. The number of hydrogen-bond acceptors (Lipinski definition) is 3. The fraction of sp³-hybridized carbons (Fsp3) is 0.409. The Labute approximate surface area is 191 Å². The Morgan fingerprint density at radius 2 is 1.40 bits per heavy atom. The number of rotatable bonds is 3. The number of hydrogen-bond donors (Lipinski definition) is 1. The minimum atomic E-state index is -0.248. The van der Waals surface area contributed by atoms with Crippen LogP contribution in [0, 0.1) is 37.5 Å². The third kappa shape index (κ3) is 2.76. The predicted molar refractivity (Wildman–Crippen MR) is 121 cm³/mol. The van der Waals surface area contributed by atoms with Gasteiger partial charge in [-0.05, 0) is 68.5 Å². The molecule has 0 spiro atoms. The van der Waals surface area contributed by atoms with Crippen molar-refractivity contribution in [2.75, 3.05) is 10.3 Å². The molecular weight excluding hydrogens is 514 g/mol. The van der Waals surface area contributed by atoms with Crippen molar-refractivity contribution in [1.82, 2.24) is 4.68 Å². The van der Waals surface area contributed by atoms with Gasteiger partial charge in [0.2, 0.25) is 11.8 Å². The number of anilines is 1. The van der Waals surface area contributed by atoms with Gasteiger partial charge >= 0.3 is 0 Å². The molecule has 2 aromatic rings. The predicted octanol–water partition coefficient (Wildman–Crippen LogP) is 3.77. The highest BCUT2D eigenvalue weighted by Crippen LogP contribution is 2.60. The molecule has 5 rings (SSSR count). The van der Waals surface area contributed by atoms with E-state index in [1.165, 1.54) is 4.90 Å². The van der Waals surface area contributed by atoms with Gasteiger partial charge in [0.25, 0.3) is 5.91 Å². The van der Waals surface area contributed by atoms with Crippen LogP contribution in [0.25, 0.3) is 0 Å². The molecule has 6 nitrogen and oxygen atoms in total. The Balaban J connectivity index is 1.37. The Morgan fingerprint density at radius 3 is 1.90 bits per heavy atom. The van der Waals surface area contributed by atoms with Crippen LogP contribution >= 0.6 is 31.9 Å². The molecule has 3 fully saturated rings. The summed E-state index contributed by atoms with van der Waals surface area (Å²) in [5, 5.41) is 0. The zero-order valence-electron chi connectivity index (χ0n) is 16.5. The lowest BCUT2D eigenvalue weighted by Crippen LogP contribution is -2.37. The van der Waals surface area contributed by atoms with Crippen molar-refractivity contribution in [3.63, 3.8) is 0 Å². The number of carbonyl (C=O) groups is 3. The molecule has 1 aromatic heterocycles. The van der Waals surface area contributed by atoms with E-state index in [1.54, 1.807) is 28.9 Å². The Hall–Kier alpha value is -1.93. The molecule has 30 heavy (non-hydrogen) atoms. The van der Waals surface area contributed by atoms with E-state index in [0.717, 1.165) is 17.8 Å². The van der Waals surface area contributed by atoms with Crippen LogP contribution in [-0.2, 0) is 9.59 Å². The van der Waals surface area contributed by atoms with Crippen LogP contribution in [0.5, 0.6) is 0 Å². The lowest BCUT2D eigenvalue weighted by atomic mass is 9.81. The van der Waals surface area contributed by atoms with Crippen molar-refractivity contribution >= 4 is 55.3 Å². The first kappa shape index (κ1) is 20.0. The van der Waals surface area contributed by atoms with E-state index in [4.69, 9.17) is 0 Å². The molecule has 2 bridgehead atoms. The van der Waals surface area contributed by atoms with E-state index < -0.39 is 0 Å². The maximum atomic E-state index is 13.1. The van der Waals surface area contributed by atoms with Crippen LogP contribution < -0.4 is 10.3 Å². The third-order valence-electron chi connectivity index (χ3n) is 6.86. The van der Waals surface area contributed by atoms with Crippen LogP contribution in [0.2, 0.25) is 0 Å². The molecule has 2 saturated carbocycles. The third-order valence-corrected chi connectivity index (χ3v) is 10.1. The number of fused-ring (bicyclic) bond motifs is 5. The number of nitrogens with zero attached hydrogens (tertiary/aromatic N) is 2. The highest BCUT2D eigenvalue weighted by atomic mass is 79.9. The number of alkyl halides is 2. The average Bonchev–Trinajstić information content (AvgIpc) is 3.42. The number of carbonyl (C=O) groups excluding carboxylic acids is 3. The van der Waals surface area contributed by atoms with Gasteiger partial charge in [0.1, 0.15) is 0 Å². The maximum Gasteiger partial charge on any atom is 0.270 e. The number of imide groups is 1. The molecule has 0 radical (unpaired) electrons. The molecule has 156 valence electrons. The van der Waals surface area contributed by atoms with E-state index in [9.17, 15) is 14.4 Å². The summed E-state index contributed by atoms with van der Waals surface area (Å²) < 4.78 is 1.73. The van der Waals surface area contributed by atoms with Crippen LogP contribution in [0.4, 0.5) is 5.69 Å². The first-order valence-corrected chi connectivity index (χ1v) is 11.8. The van der Waals surface area contributed by atoms with Gasteiger partial charge in [-0.15, -0.1) is 0 Å². The van der Waals surface area contributed by atoms with Gasteiger partial charge in [-0.25, -0.2) is 0 Å². The molecule has 6 atom stereocenters. The quantitative estimate of drug-likeness (QED) is 0.481. The number of aromatic nitrogens is 1. The van der Waals surface area contributed by atoms with Crippen molar-refractivity contribution in [3.05, 3.63) is 53.3 Å². The SMILES string of the molecule is Cc1ccc(C)n1NC(=O)c1ccc(N2C(=O)[C@@H]3[C@H]4C[C@@H]([C@@H](Br)[C@H]4Br)[C@H]3C2=O)cc1. The lowest BCUT2D eigenvalue weighted by molar-refractivity contribution is -0.123. The van der Waals surface area contributed by atoms with Gasteiger partial charge in [0.15, 0.2) is 0 Å². The molecule has 1 saturated heterocycles. The molecule has 0 unspecified atom stereocenters. The summed E-state index contributed by atoms with van der Waals surface area (Å²) in [4.78, 5) is 40.6. The van der Waals surface area contributed by atoms with Crippen molar-refractivity contribution in [2.24, 2.45) is 23.7 Å². The number of nitrogens with one attached hydrogen (secondary N) is 1. The summed E-state index contributed by atoms with van der Waals surface area (Å²) in [6, 6.07) is 10.5. The van der Waals surface area contributed by atoms with Gasteiger partial charge in [-0.3, -0.25) is 29.4 Å². The normalized spacial score (nSPS) is 32.1. The fourth-order valence-corrected chi connectivity index (χ4v) is 7.25.